The van der Waals surface area contributed by atoms with Gasteiger partial charge in [0.1, 0.15) is 0 Å². The van der Waals surface area contributed by atoms with E-state index in [1.807, 2.05) is 0 Å². The average Bonchev–Trinajstić information content (AvgIpc) is 2.02. The quantitative estimate of drug-likeness (QED) is 0.484. The van der Waals surface area contributed by atoms with Gasteiger partial charge >= 0.3 is 0 Å². The maximum atomic E-state index is 3.59. The van der Waals surface area contributed by atoms with Crippen molar-refractivity contribution in [3.63, 3.8) is 0 Å². The van der Waals surface area contributed by atoms with Crippen LogP contribution in [0.2, 0.25) is 0 Å². The molecule has 0 saturated carbocycles. The summed E-state index contributed by atoms with van der Waals surface area (Å²) >= 11 is 5.65. The Labute approximate surface area is 90.0 Å². The van der Waals surface area contributed by atoms with Gasteiger partial charge in [0, 0.05) is 5.33 Å². The summed E-state index contributed by atoms with van der Waals surface area (Å²) in [7, 11) is 0. The second-order valence-electron chi connectivity index (χ2n) is 3.64. The predicted octanol–water partition coefficient (Wildman–Crippen LogP) is 4.19. The molecule has 0 bridgehead atoms. The maximum Gasteiger partial charge on any atom is 0.00600 e. The number of rotatable bonds is 7. The number of hydrogen-bond acceptors (Lipinski definition) is 1. The summed E-state index contributed by atoms with van der Waals surface area (Å²) in [4.78, 5) is 0. The second-order valence-corrected chi connectivity index (χ2v) is 5.68. The van der Waals surface area contributed by atoms with Crippen molar-refractivity contribution in [3.8, 4) is 0 Å². The summed E-state index contributed by atoms with van der Waals surface area (Å²) in [6.07, 6.45) is 2.75. The van der Waals surface area contributed by atoms with Crippen LogP contribution in [-0.2, 0) is 0 Å². The number of thioether (sulfide) groups is 1. The largest absolute Gasteiger partial charge is 0.162 e. The smallest absolute Gasteiger partial charge is 0.00600 e. The predicted molar refractivity (Wildman–Crippen MR) is 64.4 cm³/mol. The van der Waals surface area contributed by atoms with E-state index in [-0.39, 0.29) is 0 Å². The Balaban J connectivity index is 3.39. The highest BCUT2D eigenvalue weighted by molar-refractivity contribution is 9.09. The van der Waals surface area contributed by atoms with Crippen LogP contribution in [0.3, 0.4) is 0 Å². The Morgan fingerprint density at radius 1 is 1.33 bits per heavy atom. The molecule has 0 rings (SSSR count). The van der Waals surface area contributed by atoms with Crippen LogP contribution in [0.1, 0.15) is 33.6 Å². The van der Waals surface area contributed by atoms with E-state index < -0.39 is 0 Å². The van der Waals surface area contributed by atoms with Gasteiger partial charge in [-0.3, -0.25) is 0 Å². The van der Waals surface area contributed by atoms with Gasteiger partial charge in [-0.05, 0) is 36.2 Å². The molecule has 0 amide bonds. The molecule has 0 N–H and O–H groups in total. The number of halogens is 1. The van der Waals surface area contributed by atoms with E-state index in [1.165, 1.54) is 29.7 Å². The van der Waals surface area contributed by atoms with E-state index in [0.717, 1.165) is 11.8 Å². The van der Waals surface area contributed by atoms with Gasteiger partial charge in [-0.25, -0.2) is 0 Å². The maximum absolute atomic E-state index is 3.59. The van der Waals surface area contributed by atoms with Crippen molar-refractivity contribution >= 4 is 27.7 Å². The van der Waals surface area contributed by atoms with E-state index >= 15 is 0 Å². The van der Waals surface area contributed by atoms with Gasteiger partial charge in [0.25, 0.3) is 0 Å². The van der Waals surface area contributed by atoms with Crippen molar-refractivity contribution in [2.24, 2.45) is 11.8 Å². The first-order chi connectivity index (χ1) is 5.70. The summed E-state index contributed by atoms with van der Waals surface area (Å²) in [5.41, 5.74) is 0. The molecule has 1 atom stereocenters. The summed E-state index contributed by atoms with van der Waals surface area (Å²) in [6.45, 7) is 6.85. The lowest BCUT2D eigenvalue weighted by Gasteiger charge is -2.15. The lowest BCUT2D eigenvalue weighted by Crippen LogP contribution is -2.07. The van der Waals surface area contributed by atoms with E-state index in [4.69, 9.17) is 0 Å². The van der Waals surface area contributed by atoms with Crippen molar-refractivity contribution < 1.29 is 0 Å². The zero-order chi connectivity index (χ0) is 9.40. The van der Waals surface area contributed by atoms with Crippen LogP contribution in [0.4, 0.5) is 0 Å². The molecular weight excluding hydrogens is 232 g/mol. The fourth-order valence-electron chi connectivity index (χ4n) is 1.32. The first-order valence-electron chi connectivity index (χ1n) is 4.84. The van der Waals surface area contributed by atoms with Crippen molar-refractivity contribution in [2.75, 3.05) is 16.8 Å². The molecular formula is C10H21BrS. The zero-order valence-corrected chi connectivity index (χ0v) is 10.9. The minimum absolute atomic E-state index is 0.846. The Morgan fingerprint density at radius 3 is 2.42 bits per heavy atom. The van der Waals surface area contributed by atoms with Gasteiger partial charge in [-0.2, -0.15) is 11.8 Å². The third-order valence-electron chi connectivity index (χ3n) is 1.90. The molecule has 0 saturated heterocycles. The first-order valence-corrected chi connectivity index (χ1v) is 7.12. The van der Waals surface area contributed by atoms with Crippen LogP contribution in [0.25, 0.3) is 0 Å². The van der Waals surface area contributed by atoms with Crippen LogP contribution >= 0.6 is 27.7 Å². The molecule has 1 unspecified atom stereocenters. The Morgan fingerprint density at radius 2 is 2.00 bits per heavy atom. The van der Waals surface area contributed by atoms with Crippen molar-refractivity contribution in [1.82, 2.24) is 0 Å². The van der Waals surface area contributed by atoms with Crippen LogP contribution < -0.4 is 0 Å². The van der Waals surface area contributed by atoms with Gasteiger partial charge in [0.05, 0.1) is 0 Å². The fraction of sp³-hybridized carbons (Fsp3) is 1.00. The minimum atomic E-state index is 0.846. The molecule has 0 spiro atoms. The molecule has 0 aliphatic heterocycles. The van der Waals surface area contributed by atoms with Gasteiger partial charge in [0.2, 0.25) is 0 Å². The molecule has 12 heavy (non-hydrogen) atoms. The first kappa shape index (κ1) is 12.8. The van der Waals surface area contributed by atoms with Crippen LogP contribution in [0.15, 0.2) is 0 Å². The number of hydrogen-bond donors (Lipinski definition) is 0. The summed E-state index contributed by atoms with van der Waals surface area (Å²) in [5.74, 6) is 4.33. The molecule has 0 radical (unpaired) electrons. The van der Waals surface area contributed by atoms with Crippen molar-refractivity contribution in [2.45, 2.75) is 33.6 Å². The Hall–Kier alpha value is 0.830. The van der Waals surface area contributed by atoms with Crippen LogP contribution in [0, 0.1) is 11.8 Å². The highest BCUT2D eigenvalue weighted by Crippen LogP contribution is 2.19. The SMILES string of the molecule is CCSCCC(CBr)CC(C)C. The van der Waals surface area contributed by atoms with Crippen molar-refractivity contribution in [1.29, 1.82) is 0 Å². The lowest BCUT2D eigenvalue weighted by molar-refractivity contribution is 0.439. The van der Waals surface area contributed by atoms with E-state index in [9.17, 15) is 0 Å². The van der Waals surface area contributed by atoms with Gasteiger partial charge in [-0.1, -0.05) is 36.7 Å². The van der Waals surface area contributed by atoms with Crippen LogP contribution in [0.5, 0.6) is 0 Å². The van der Waals surface area contributed by atoms with Crippen molar-refractivity contribution in [3.05, 3.63) is 0 Å². The third kappa shape index (κ3) is 7.48. The molecule has 0 aromatic heterocycles. The van der Waals surface area contributed by atoms with E-state index in [1.54, 1.807) is 0 Å². The average molecular weight is 253 g/mol. The summed E-state index contributed by atoms with van der Waals surface area (Å²) < 4.78 is 0. The topological polar surface area (TPSA) is 0 Å². The molecule has 0 aliphatic carbocycles. The second kappa shape index (κ2) is 8.43. The lowest BCUT2D eigenvalue weighted by atomic mass is 9.97. The molecule has 0 nitrogen and oxygen atoms in total. The monoisotopic (exact) mass is 252 g/mol. The summed E-state index contributed by atoms with van der Waals surface area (Å²) in [5, 5.41) is 1.18. The van der Waals surface area contributed by atoms with E-state index in [0.29, 0.717) is 0 Å². The molecule has 74 valence electrons. The highest BCUT2D eigenvalue weighted by atomic mass is 79.9. The van der Waals surface area contributed by atoms with Gasteiger partial charge in [-0.15, -0.1) is 0 Å². The van der Waals surface area contributed by atoms with Gasteiger partial charge < -0.3 is 0 Å². The highest BCUT2D eigenvalue weighted by Gasteiger charge is 2.08. The molecule has 0 fully saturated rings. The molecule has 0 aromatic rings. The minimum Gasteiger partial charge on any atom is -0.162 e. The fourth-order valence-corrected chi connectivity index (χ4v) is 2.70. The third-order valence-corrected chi connectivity index (χ3v) is 3.75. The molecule has 2 heteroatoms. The van der Waals surface area contributed by atoms with Crippen LogP contribution in [-0.4, -0.2) is 16.8 Å². The molecule has 0 heterocycles. The van der Waals surface area contributed by atoms with Gasteiger partial charge in [0.15, 0.2) is 0 Å². The van der Waals surface area contributed by atoms with E-state index in [2.05, 4.69) is 48.5 Å². The molecule has 0 aliphatic rings. The standard InChI is InChI=1S/C10H21BrS/c1-4-12-6-5-10(8-11)7-9(2)3/h9-10H,4-8H2,1-3H3. The zero-order valence-electron chi connectivity index (χ0n) is 8.48. The number of alkyl halides is 1. The normalized spacial score (nSPS) is 13.8. The molecule has 0 aromatic carbocycles. The summed E-state index contributed by atoms with van der Waals surface area (Å²) in [6, 6.07) is 0. The Bertz CT molecular complexity index is 93.8. The Kier molecular flexibility index (Phi) is 9.01.